The molecule has 110 valence electrons. The molecule has 0 bridgehead atoms. The Kier molecular flexibility index (Phi) is 4.95. The quantitative estimate of drug-likeness (QED) is 0.805. The molecule has 2 rings (SSSR count). The van der Waals surface area contributed by atoms with Gasteiger partial charge in [0.15, 0.2) is 0 Å². The minimum absolute atomic E-state index is 0.0181. The van der Waals surface area contributed by atoms with Crippen LogP contribution in [-0.2, 0) is 11.3 Å². The first kappa shape index (κ1) is 14.8. The average molecular weight is 276 g/mol. The molecule has 0 aliphatic carbocycles. The fourth-order valence-corrected chi connectivity index (χ4v) is 2.74. The molecule has 0 spiro atoms. The van der Waals surface area contributed by atoms with E-state index in [1.54, 1.807) is 6.20 Å². The smallest absolute Gasteiger partial charge is 0.237 e. The first-order valence-electron chi connectivity index (χ1n) is 7.28. The van der Waals surface area contributed by atoms with Crippen LogP contribution in [0.4, 0.5) is 0 Å². The number of hydrogen-bond acceptors (Lipinski definition) is 3. The maximum Gasteiger partial charge on any atom is 0.237 e. The van der Waals surface area contributed by atoms with Gasteiger partial charge in [-0.15, -0.1) is 6.58 Å². The number of imidazole rings is 1. The molecule has 1 fully saturated rings. The Morgan fingerprint density at radius 1 is 1.65 bits per heavy atom. The number of rotatable bonds is 6. The molecule has 0 radical (unpaired) electrons. The SMILES string of the molecule is C=CCN1CCC[C@H]1C(=O)NCc1nccn1C(C)C. The zero-order valence-electron chi connectivity index (χ0n) is 12.4. The molecule has 1 aromatic heterocycles. The zero-order chi connectivity index (χ0) is 14.5. The van der Waals surface area contributed by atoms with E-state index in [1.165, 1.54) is 0 Å². The van der Waals surface area contributed by atoms with Crippen molar-refractivity contribution in [1.82, 2.24) is 19.8 Å². The van der Waals surface area contributed by atoms with Crippen LogP contribution < -0.4 is 5.32 Å². The van der Waals surface area contributed by atoms with Gasteiger partial charge in [0, 0.05) is 25.0 Å². The summed E-state index contributed by atoms with van der Waals surface area (Å²) in [5.74, 6) is 1.00. The van der Waals surface area contributed by atoms with E-state index in [2.05, 4.69) is 40.2 Å². The van der Waals surface area contributed by atoms with Crippen LogP contribution in [0.2, 0.25) is 0 Å². The molecule has 0 unspecified atom stereocenters. The molecule has 5 nitrogen and oxygen atoms in total. The number of hydrogen-bond donors (Lipinski definition) is 1. The number of likely N-dealkylation sites (tertiary alicyclic amines) is 1. The Balaban J connectivity index is 1.91. The minimum Gasteiger partial charge on any atom is -0.348 e. The molecule has 1 aliphatic heterocycles. The molecule has 0 saturated carbocycles. The van der Waals surface area contributed by atoms with Crippen molar-refractivity contribution in [2.45, 2.75) is 45.3 Å². The number of amides is 1. The zero-order valence-corrected chi connectivity index (χ0v) is 12.4. The van der Waals surface area contributed by atoms with E-state index in [0.717, 1.165) is 31.8 Å². The summed E-state index contributed by atoms with van der Waals surface area (Å²) < 4.78 is 2.08. The molecule has 20 heavy (non-hydrogen) atoms. The van der Waals surface area contributed by atoms with Gasteiger partial charge in [0.1, 0.15) is 5.82 Å². The van der Waals surface area contributed by atoms with Crippen molar-refractivity contribution < 1.29 is 4.79 Å². The third-order valence-electron chi connectivity index (χ3n) is 3.76. The number of nitrogens with one attached hydrogen (secondary N) is 1. The summed E-state index contributed by atoms with van der Waals surface area (Å²) in [6.45, 7) is 10.2. The predicted octanol–water partition coefficient (Wildman–Crippen LogP) is 1.73. The van der Waals surface area contributed by atoms with E-state index in [-0.39, 0.29) is 11.9 Å². The summed E-state index contributed by atoms with van der Waals surface area (Å²) in [6, 6.07) is 0.337. The van der Waals surface area contributed by atoms with Gasteiger partial charge in [-0.1, -0.05) is 6.08 Å². The highest BCUT2D eigenvalue weighted by Gasteiger charge is 2.29. The second kappa shape index (κ2) is 6.70. The van der Waals surface area contributed by atoms with Crippen molar-refractivity contribution in [2.24, 2.45) is 0 Å². The summed E-state index contributed by atoms with van der Waals surface area (Å²) in [5, 5.41) is 3.01. The van der Waals surface area contributed by atoms with Crippen LogP contribution in [0.25, 0.3) is 0 Å². The van der Waals surface area contributed by atoms with Gasteiger partial charge < -0.3 is 9.88 Å². The van der Waals surface area contributed by atoms with E-state index < -0.39 is 0 Å². The summed E-state index contributed by atoms with van der Waals surface area (Å²) in [4.78, 5) is 18.8. The van der Waals surface area contributed by atoms with Crippen LogP contribution in [0.5, 0.6) is 0 Å². The molecule has 2 heterocycles. The van der Waals surface area contributed by atoms with Gasteiger partial charge in [0.05, 0.1) is 12.6 Å². The van der Waals surface area contributed by atoms with Gasteiger partial charge in [0.2, 0.25) is 5.91 Å². The molecule has 1 aliphatic rings. The molecular formula is C15H24N4O. The highest BCUT2D eigenvalue weighted by Crippen LogP contribution is 2.17. The van der Waals surface area contributed by atoms with Crippen LogP contribution in [0.3, 0.4) is 0 Å². The van der Waals surface area contributed by atoms with E-state index >= 15 is 0 Å². The molecule has 5 heteroatoms. The Bertz CT molecular complexity index is 466. The average Bonchev–Trinajstić information content (AvgIpc) is 3.04. The lowest BCUT2D eigenvalue weighted by atomic mass is 10.2. The van der Waals surface area contributed by atoms with Gasteiger partial charge in [-0.2, -0.15) is 0 Å². The van der Waals surface area contributed by atoms with Gasteiger partial charge in [0.25, 0.3) is 0 Å². The third kappa shape index (κ3) is 3.28. The van der Waals surface area contributed by atoms with Gasteiger partial charge in [-0.05, 0) is 33.2 Å². The summed E-state index contributed by atoms with van der Waals surface area (Å²) in [7, 11) is 0. The van der Waals surface area contributed by atoms with Crippen LogP contribution in [0.1, 0.15) is 38.6 Å². The fourth-order valence-electron chi connectivity index (χ4n) is 2.74. The number of aromatic nitrogens is 2. The molecular weight excluding hydrogens is 252 g/mol. The van der Waals surface area contributed by atoms with Gasteiger partial charge >= 0.3 is 0 Å². The highest BCUT2D eigenvalue weighted by molar-refractivity contribution is 5.81. The normalized spacial score (nSPS) is 19.4. The first-order chi connectivity index (χ1) is 9.63. The molecule has 1 atom stereocenters. The summed E-state index contributed by atoms with van der Waals surface area (Å²) in [5.41, 5.74) is 0. The maximum atomic E-state index is 12.3. The monoisotopic (exact) mass is 276 g/mol. The van der Waals surface area contributed by atoms with Crippen LogP contribution in [0, 0.1) is 0 Å². The van der Waals surface area contributed by atoms with E-state index in [0.29, 0.717) is 12.6 Å². The summed E-state index contributed by atoms with van der Waals surface area (Å²) in [6.07, 6.45) is 7.59. The van der Waals surface area contributed by atoms with Crippen molar-refractivity contribution in [2.75, 3.05) is 13.1 Å². The van der Waals surface area contributed by atoms with Crippen LogP contribution in [-0.4, -0.2) is 39.5 Å². The largest absolute Gasteiger partial charge is 0.348 e. The van der Waals surface area contributed by atoms with Gasteiger partial charge in [-0.25, -0.2) is 4.98 Å². The number of carbonyl (C=O) groups excluding carboxylic acids is 1. The predicted molar refractivity (Wildman–Crippen MR) is 79.3 cm³/mol. The van der Waals surface area contributed by atoms with Crippen molar-refractivity contribution in [1.29, 1.82) is 0 Å². The maximum absolute atomic E-state index is 12.3. The molecule has 1 amide bonds. The lowest BCUT2D eigenvalue weighted by molar-refractivity contribution is -0.125. The number of carbonyl (C=O) groups is 1. The molecule has 1 N–H and O–H groups in total. The lowest BCUT2D eigenvalue weighted by Crippen LogP contribution is -2.43. The van der Waals surface area contributed by atoms with E-state index in [4.69, 9.17) is 0 Å². The lowest BCUT2D eigenvalue weighted by Gasteiger charge is -2.22. The first-order valence-corrected chi connectivity index (χ1v) is 7.28. The Morgan fingerprint density at radius 3 is 3.15 bits per heavy atom. The Hall–Kier alpha value is -1.62. The van der Waals surface area contributed by atoms with Crippen molar-refractivity contribution in [3.63, 3.8) is 0 Å². The van der Waals surface area contributed by atoms with E-state index in [1.807, 2.05) is 12.3 Å². The Morgan fingerprint density at radius 2 is 2.45 bits per heavy atom. The summed E-state index contributed by atoms with van der Waals surface area (Å²) >= 11 is 0. The van der Waals surface area contributed by atoms with E-state index in [9.17, 15) is 4.79 Å². The minimum atomic E-state index is -0.0181. The van der Waals surface area contributed by atoms with Crippen LogP contribution in [0.15, 0.2) is 25.0 Å². The number of nitrogens with zero attached hydrogens (tertiary/aromatic N) is 3. The molecule has 1 saturated heterocycles. The van der Waals surface area contributed by atoms with Crippen molar-refractivity contribution in [3.05, 3.63) is 30.9 Å². The topological polar surface area (TPSA) is 50.2 Å². The second-order valence-corrected chi connectivity index (χ2v) is 5.50. The molecule has 1 aromatic rings. The fraction of sp³-hybridized carbons (Fsp3) is 0.600. The standard InChI is InChI=1S/C15H24N4O/c1-4-8-18-9-5-6-13(18)15(20)17-11-14-16-7-10-19(14)12(2)3/h4,7,10,12-13H,1,5-6,8-9,11H2,2-3H3,(H,17,20)/t13-/m0/s1. The molecule has 0 aromatic carbocycles. The van der Waals surface area contributed by atoms with Crippen molar-refractivity contribution >= 4 is 5.91 Å². The highest BCUT2D eigenvalue weighted by atomic mass is 16.2. The second-order valence-electron chi connectivity index (χ2n) is 5.50. The Labute approximate surface area is 120 Å². The van der Waals surface area contributed by atoms with Crippen LogP contribution >= 0.6 is 0 Å². The van der Waals surface area contributed by atoms with Gasteiger partial charge in [-0.3, -0.25) is 9.69 Å². The third-order valence-corrected chi connectivity index (χ3v) is 3.76. The van der Waals surface area contributed by atoms with Crippen molar-refractivity contribution in [3.8, 4) is 0 Å².